The highest BCUT2D eigenvalue weighted by molar-refractivity contribution is 7.10. The van der Waals surface area contributed by atoms with E-state index in [0.717, 1.165) is 6.61 Å². The van der Waals surface area contributed by atoms with Crippen LogP contribution in [0.1, 0.15) is 6.42 Å². The Balaban J connectivity index is 2.13. The predicted molar refractivity (Wildman–Crippen MR) is 38.2 cm³/mol. The molecule has 0 amide bonds. The molecule has 0 spiro atoms. The number of hydrogen-bond acceptors (Lipinski definition) is 2. The molecule has 0 bridgehead atoms. The minimum absolute atomic E-state index is 0.189. The molecule has 0 aromatic heterocycles. The Hall–Kier alpha value is 0.354. The van der Waals surface area contributed by atoms with E-state index < -0.39 is 8.31 Å². The molecule has 1 fully saturated rings. The molecule has 1 saturated heterocycles. The van der Waals surface area contributed by atoms with Gasteiger partial charge in [-0.25, -0.2) is 0 Å². The van der Waals surface area contributed by atoms with Crippen molar-refractivity contribution in [2.24, 2.45) is 0 Å². The summed E-state index contributed by atoms with van der Waals surface area (Å²) in [5.74, 6) is 0. The van der Waals surface area contributed by atoms with Gasteiger partial charge in [0.05, 0.1) is 8.31 Å². The molecule has 1 aliphatic heterocycles. The van der Waals surface area contributed by atoms with E-state index in [-0.39, 0.29) is 9.28 Å². The number of aliphatic hydroxyl groups is 1. The van der Waals surface area contributed by atoms with E-state index in [1.807, 2.05) is 0 Å². The van der Waals surface area contributed by atoms with Gasteiger partial charge in [0.1, 0.15) is 9.28 Å². The highest BCUT2D eigenvalue weighted by Crippen LogP contribution is 2.02. The molecule has 2 nitrogen and oxygen atoms in total. The quantitative estimate of drug-likeness (QED) is 0.471. The van der Waals surface area contributed by atoms with Gasteiger partial charge in [0.2, 0.25) is 0 Å². The van der Waals surface area contributed by atoms with Crippen molar-refractivity contribution in [1.82, 2.24) is 0 Å². The molecule has 0 aliphatic carbocycles. The Morgan fingerprint density at radius 3 is 3.00 bits per heavy atom. The Morgan fingerprint density at radius 1 is 1.75 bits per heavy atom. The van der Waals surface area contributed by atoms with Crippen LogP contribution in [0.25, 0.3) is 0 Å². The highest BCUT2D eigenvalue weighted by Gasteiger charge is 2.14. The van der Waals surface area contributed by atoms with E-state index in [9.17, 15) is 0 Å². The normalized spacial score (nSPS) is 33.4. The summed E-state index contributed by atoms with van der Waals surface area (Å²) in [5, 5.41) is 8.71. The van der Waals surface area contributed by atoms with Crippen molar-refractivity contribution in [3.05, 3.63) is 0 Å². The lowest BCUT2D eigenvalue weighted by Crippen LogP contribution is -2.33. The van der Waals surface area contributed by atoms with E-state index in [4.69, 9.17) is 9.53 Å². The second kappa shape index (κ2) is 3.39. The first-order chi connectivity index (χ1) is 3.93. The molecular weight excluding hydrogens is 136 g/mol. The number of aliphatic hydroxyl groups excluding tert-OH is 1. The maximum absolute atomic E-state index is 8.71. The highest BCUT2D eigenvalue weighted by atomic mass is 29.2. The molecule has 1 atom stereocenters. The Kier molecular flexibility index (Phi) is 2.75. The zero-order valence-electron chi connectivity index (χ0n) is 4.97. The largest absolute Gasteiger partial charge is 0.427 e. The fourth-order valence-corrected chi connectivity index (χ4v) is 6.04. The summed E-state index contributed by atoms with van der Waals surface area (Å²) in [4.78, 5) is 0. The number of rotatable bonds is 1. The summed E-state index contributed by atoms with van der Waals surface area (Å²) in [7, 11) is -0.822. The average Bonchev–Trinajstić information content (AvgIpc) is 1.90. The summed E-state index contributed by atoms with van der Waals surface area (Å²) in [5.41, 5.74) is 0. The lowest BCUT2D eigenvalue weighted by Gasteiger charge is -2.17. The molecule has 1 N–H and O–H groups in total. The molecule has 1 rings (SSSR count). The molecule has 0 saturated carbocycles. The molecular formula is C4H12O2Si2. The average molecular weight is 148 g/mol. The van der Waals surface area contributed by atoms with Crippen LogP contribution in [0.3, 0.4) is 0 Å². The minimum atomic E-state index is -0.633. The van der Waals surface area contributed by atoms with E-state index >= 15 is 0 Å². The fraction of sp³-hybridized carbons (Fsp3) is 1.00. The first kappa shape index (κ1) is 6.47. The van der Waals surface area contributed by atoms with Gasteiger partial charge >= 0.3 is 0 Å². The van der Waals surface area contributed by atoms with Crippen LogP contribution in [0.4, 0.5) is 0 Å². The van der Waals surface area contributed by atoms with Crippen molar-refractivity contribution in [3.8, 4) is 0 Å². The molecule has 48 valence electrons. The maximum atomic E-state index is 8.71. The van der Waals surface area contributed by atoms with Crippen molar-refractivity contribution in [2.45, 2.75) is 12.5 Å². The van der Waals surface area contributed by atoms with Crippen LogP contribution in [-0.2, 0) is 4.43 Å². The monoisotopic (exact) mass is 148 g/mol. The van der Waals surface area contributed by atoms with Crippen LogP contribution in [-0.4, -0.2) is 35.5 Å². The molecule has 1 unspecified atom stereocenters. The van der Waals surface area contributed by atoms with Gasteiger partial charge in [0.25, 0.3) is 0 Å². The second-order valence-electron chi connectivity index (χ2n) is 2.27. The van der Waals surface area contributed by atoms with Crippen LogP contribution in [0.15, 0.2) is 0 Å². The first-order valence-corrected chi connectivity index (χ1v) is 8.59. The minimum Gasteiger partial charge on any atom is -0.427 e. The molecule has 4 heteroatoms. The number of hydrogen-bond donors (Lipinski definition) is 1. The first-order valence-electron chi connectivity index (χ1n) is 3.12. The van der Waals surface area contributed by atoms with Crippen molar-refractivity contribution >= 4 is 17.6 Å². The third-order valence-electron chi connectivity index (χ3n) is 1.51. The van der Waals surface area contributed by atoms with Gasteiger partial charge < -0.3 is 9.53 Å². The lowest BCUT2D eigenvalue weighted by molar-refractivity contribution is 0.323. The SMILES string of the molecule is OC[SiH]1CCCO[SiH2]1. The molecule has 0 aromatic carbocycles. The van der Waals surface area contributed by atoms with Crippen molar-refractivity contribution in [2.75, 3.05) is 12.8 Å². The van der Waals surface area contributed by atoms with Gasteiger partial charge in [-0.3, -0.25) is 0 Å². The van der Waals surface area contributed by atoms with Crippen LogP contribution >= 0.6 is 0 Å². The Labute approximate surface area is 53.2 Å². The second-order valence-corrected chi connectivity index (χ2v) is 10.1. The van der Waals surface area contributed by atoms with Crippen molar-refractivity contribution in [1.29, 1.82) is 0 Å². The Bertz CT molecular complexity index is 63.1. The van der Waals surface area contributed by atoms with E-state index in [1.54, 1.807) is 0 Å². The zero-order valence-corrected chi connectivity index (χ0v) is 7.54. The van der Waals surface area contributed by atoms with Gasteiger partial charge in [-0.2, -0.15) is 0 Å². The molecule has 8 heavy (non-hydrogen) atoms. The van der Waals surface area contributed by atoms with E-state index in [2.05, 4.69) is 0 Å². The van der Waals surface area contributed by atoms with Gasteiger partial charge in [0.15, 0.2) is 0 Å². The smallest absolute Gasteiger partial charge is 0.150 e. The van der Waals surface area contributed by atoms with E-state index in [0.29, 0.717) is 6.23 Å². The van der Waals surface area contributed by atoms with Crippen molar-refractivity contribution in [3.63, 3.8) is 0 Å². The molecule has 1 heterocycles. The van der Waals surface area contributed by atoms with Crippen LogP contribution in [0.2, 0.25) is 6.04 Å². The Morgan fingerprint density at radius 2 is 2.62 bits per heavy atom. The topological polar surface area (TPSA) is 29.5 Å². The standard InChI is InChI=1S/C4H12O2Si2/c5-4-8-3-1-2-6-7-8/h5,8H,1-4,7H2. The molecule has 1 aliphatic rings. The van der Waals surface area contributed by atoms with E-state index in [1.165, 1.54) is 12.5 Å². The van der Waals surface area contributed by atoms with Gasteiger partial charge in [-0.1, -0.05) is 6.04 Å². The third-order valence-corrected chi connectivity index (χ3v) is 8.37. The maximum Gasteiger partial charge on any atom is 0.150 e. The van der Waals surface area contributed by atoms with Crippen LogP contribution in [0.5, 0.6) is 0 Å². The summed E-state index contributed by atoms with van der Waals surface area (Å²) in [6, 6.07) is 1.34. The summed E-state index contributed by atoms with van der Waals surface area (Å²) in [6.07, 6.45) is 1.71. The van der Waals surface area contributed by atoms with Crippen LogP contribution < -0.4 is 0 Å². The summed E-state index contributed by atoms with van der Waals surface area (Å²) in [6.45, 7) is 0.982. The van der Waals surface area contributed by atoms with Gasteiger partial charge in [-0.15, -0.1) is 0 Å². The third kappa shape index (κ3) is 1.70. The zero-order chi connectivity index (χ0) is 5.82. The van der Waals surface area contributed by atoms with Gasteiger partial charge in [-0.05, 0) is 6.42 Å². The van der Waals surface area contributed by atoms with Crippen LogP contribution in [0, 0.1) is 0 Å². The summed E-state index contributed by atoms with van der Waals surface area (Å²) >= 11 is 0. The van der Waals surface area contributed by atoms with Crippen molar-refractivity contribution < 1.29 is 9.53 Å². The fourth-order valence-electron chi connectivity index (χ4n) is 0.951. The van der Waals surface area contributed by atoms with Gasteiger partial charge in [0, 0.05) is 12.8 Å². The molecule has 0 aromatic rings. The summed E-state index contributed by atoms with van der Waals surface area (Å²) < 4.78 is 5.31. The molecule has 0 radical (unpaired) electrons. The predicted octanol–water partition coefficient (Wildman–Crippen LogP) is -1.25. The lowest BCUT2D eigenvalue weighted by atomic mass is 10.5.